The molecule has 5 nitrogen and oxygen atoms in total. The van der Waals surface area contributed by atoms with Crippen molar-refractivity contribution in [1.29, 1.82) is 0 Å². The van der Waals surface area contributed by atoms with Gasteiger partial charge in [-0.15, -0.1) is 0 Å². The number of nitrogens with one attached hydrogen (secondary N) is 1. The quantitative estimate of drug-likeness (QED) is 0.688. The SMILES string of the molecule is O[C@H](CNC[C@H](O)[C@H]1CCc2cc(F)ccc2O1)[C@@H]1CCc2cc(F)ccc2O1. The zero-order valence-corrected chi connectivity index (χ0v) is 16.0. The van der Waals surface area contributed by atoms with E-state index in [4.69, 9.17) is 9.47 Å². The van der Waals surface area contributed by atoms with Crippen molar-refractivity contribution >= 4 is 0 Å². The zero-order valence-electron chi connectivity index (χ0n) is 16.0. The fourth-order valence-corrected chi connectivity index (χ4v) is 3.94. The fraction of sp³-hybridized carbons (Fsp3) is 0.455. The molecule has 0 unspecified atom stereocenters. The van der Waals surface area contributed by atoms with E-state index < -0.39 is 12.2 Å². The van der Waals surface area contributed by atoms with Gasteiger partial charge >= 0.3 is 0 Å². The van der Waals surface area contributed by atoms with Crippen molar-refractivity contribution in [1.82, 2.24) is 5.32 Å². The molecule has 0 saturated heterocycles. The third-order valence-corrected chi connectivity index (χ3v) is 5.56. The standard InChI is InChI=1S/C22H25F2NO4/c23-15-3-7-19-13(9-15)1-5-21(28-19)17(26)11-25-12-18(27)22-6-2-14-10-16(24)4-8-20(14)29-22/h3-4,7-10,17-18,21-22,25-27H,1-2,5-6,11-12H2/t17-,18+,21+,22-. The van der Waals surface area contributed by atoms with Gasteiger partial charge in [0.25, 0.3) is 0 Å². The predicted molar refractivity (Wildman–Crippen MR) is 103 cm³/mol. The molecule has 2 aromatic rings. The Hall–Kier alpha value is -2.22. The van der Waals surface area contributed by atoms with Crippen LogP contribution in [0.2, 0.25) is 0 Å². The van der Waals surface area contributed by atoms with E-state index in [1.807, 2.05) is 0 Å². The molecule has 2 aliphatic heterocycles. The monoisotopic (exact) mass is 405 g/mol. The second-order valence-electron chi connectivity index (χ2n) is 7.69. The van der Waals surface area contributed by atoms with E-state index in [0.717, 1.165) is 11.1 Å². The Bertz CT molecular complexity index is 793. The molecule has 0 saturated carbocycles. The molecule has 0 fully saturated rings. The maximum atomic E-state index is 13.3. The van der Waals surface area contributed by atoms with Gasteiger partial charge < -0.3 is 25.0 Å². The highest BCUT2D eigenvalue weighted by Gasteiger charge is 2.29. The van der Waals surface area contributed by atoms with Crippen LogP contribution in [-0.2, 0) is 12.8 Å². The summed E-state index contributed by atoms with van der Waals surface area (Å²) in [6, 6.07) is 8.79. The van der Waals surface area contributed by atoms with Crippen molar-refractivity contribution < 1.29 is 28.5 Å². The molecule has 3 N–H and O–H groups in total. The van der Waals surface area contributed by atoms with Crippen LogP contribution in [0.4, 0.5) is 8.78 Å². The first-order chi connectivity index (χ1) is 14.0. The van der Waals surface area contributed by atoms with E-state index in [1.54, 1.807) is 12.1 Å². The third-order valence-electron chi connectivity index (χ3n) is 5.56. The maximum absolute atomic E-state index is 13.3. The minimum absolute atomic E-state index is 0.257. The molecule has 0 aliphatic carbocycles. The van der Waals surface area contributed by atoms with Crippen LogP contribution in [0.3, 0.4) is 0 Å². The van der Waals surface area contributed by atoms with Crippen molar-refractivity contribution in [2.75, 3.05) is 13.1 Å². The van der Waals surface area contributed by atoms with Crippen LogP contribution in [0, 0.1) is 11.6 Å². The largest absolute Gasteiger partial charge is 0.487 e. The second-order valence-corrected chi connectivity index (χ2v) is 7.69. The summed E-state index contributed by atoms with van der Waals surface area (Å²) < 4.78 is 38.2. The Kier molecular flexibility index (Phi) is 5.99. The second kappa shape index (κ2) is 8.65. The summed E-state index contributed by atoms with van der Waals surface area (Å²) in [6.07, 6.45) is 0.214. The van der Waals surface area contributed by atoms with Gasteiger partial charge in [0.15, 0.2) is 0 Å². The van der Waals surface area contributed by atoms with Gasteiger partial charge in [-0.1, -0.05) is 0 Å². The van der Waals surface area contributed by atoms with E-state index >= 15 is 0 Å². The Morgan fingerprint density at radius 3 is 1.72 bits per heavy atom. The van der Waals surface area contributed by atoms with E-state index in [9.17, 15) is 19.0 Å². The van der Waals surface area contributed by atoms with Gasteiger partial charge in [0, 0.05) is 13.1 Å². The predicted octanol–water partition coefficient (Wildman–Crippen LogP) is 2.36. The van der Waals surface area contributed by atoms with Gasteiger partial charge in [0.2, 0.25) is 0 Å². The van der Waals surface area contributed by atoms with E-state index in [0.29, 0.717) is 37.2 Å². The summed E-state index contributed by atoms with van der Waals surface area (Å²) in [7, 11) is 0. The van der Waals surface area contributed by atoms with E-state index in [2.05, 4.69) is 5.32 Å². The number of fused-ring (bicyclic) bond motifs is 2. The van der Waals surface area contributed by atoms with Crippen LogP contribution in [0.15, 0.2) is 36.4 Å². The van der Waals surface area contributed by atoms with Crippen molar-refractivity contribution in [3.8, 4) is 11.5 Å². The normalized spacial score (nSPS) is 22.6. The molecule has 0 amide bonds. The van der Waals surface area contributed by atoms with Gasteiger partial charge in [-0.2, -0.15) is 0 Å². The van der Waals surface area contributed by atoms with Gasteiger partial charge in [-0.3, -0.25) is 0 Å². The maximum Gasteiger partial charge on any atom is 0.126 e. The minimum Gasteiger partial charge on any atom is -0.487 e. The van der Waals surface area contributed by atoms with E-state index in [-0.39, 0.29) is 36.9 Å². The number of halogens is 2. The van der Waals surface area contributed by atoms with Crippen molar-refractivity contribution in [3.63, 3.8) is 0 Å². The first-order valence-corrected chi connectivity index (χ1v) is 9.96. The first kappa shape index (κ1) is 20.1. The average molecular weight is 405 g/mol. The molecule has 4 atom stereocenters. The van der Waals surface area contributed by atoms with Gasteiger partial charge in [0.1, 0.15) is 47.5 Å². The van der Waals surface area contributed by atoms with Crippen molar-refractivity contribution in [2.45, 2.75) is 50.1 Å². The highest BCUT2D eigenvalue weighted by Crippen LogP contribution is 2.30. The Balaban J connectivity index is 1.24. The molecule has 29 heavy (non-hydrogen) atoms. The number of hydrogen-bond acceptors (Lipinski definition) is 5. The number of benzene rings is 2. The molecule has 2 heterocycles. The van der Waals surface area contributed by atoms with E-state index in [1.165, 1.54) is 24.3 Å². The first-order valence-electron chi connectivity index (χ1n) is 9.96. The summed E-state index contributed by atoms with van der Waals surface area (Å²) in [6.45, 7) is 0.513. The molecule has 4 rings (SSSR count). The number of ether oxygens (including phenoxy) is 2. The van der Waals surface area contributed by atoms with Gasteiger partial charge in [-0.05, 0) is 73.2 Å². The molecule has 0 aromatic heterocycles. The van der Waals surface area contributed by atoms with Crippen molar-refractivity contribution in [3.05, 3.63) is 59.2 Å². The van der Waals surface area contributed by atoms with Crippen LogP contribution >= 0.6 is 0 Å². The summed E-state index contributed by atoms with van der Waals surface area (Å²) in [4.78, 5) is 0. The fourth-order valence-electron chi connectivity index (χ4n) is 3.94. The number of rotatable bonds is 6. The smallest absolute Gasteiger partial charge is 0.126 e. The Morgan fingerprint density at radius 1 is 0.828 bits per heavy atom. The zero-order chi connectivity index (χ0) is 20.4. The minimum atomic E-state index is -0.753. The highest BCUT2D eigenvalue weighted by molar-refractivity contribution is 5.36. The molecular formula is C22H25F2NO4. The molecule has 2 aliphatic rings. The lowest BCUT2D eigenvalue weighted by Crippen LogP contribution is -2.46. The van der Waals surface area contributed by atoms with Crippen LogP contribution in [0.25, 0.3) is 0 Å². The molecule has 7 heteroatoms. The number of aliphatic hydroxyl groups excluding tert-OH is 2. The Morgan fingerprint density at radius 2 is 1.28 bits per heavy atom. The van der Waals surface area contributed by atoms with Crippen LogP contribution in [-0.4, -0.2) is 47.7 Å². The highest BCUT2D eigenvalue weighted by atomic mass is 19.1. The summed E-state index contributed by atoms with van der Waals surface area (Å²) in [5, 5.41) is 23.9. The molecule has 2 aromatic carbocycles. The lowest BCUT2D eigenvalue weighted by molar-refractivity contribution is 0.00892. The lowest BCUT2D eigenvalue weighted by Gasteiger charge is -2.31. The molecule has 0 radical (unpaired) electrons. The molecular weight excluding hydrogens is 380 g/mol. The van der Waals surface area contributed by atoms with Gasteiger partial charge in [-0.25, -0.2) is 8.78 Å². The molecule has 0 spiro atoms. The van der Waals surface area contributed by atoms with Crippen LogP contribution < -0.4 is 14.8 Å². The molecule has 156 valence electrons. The van der Waals surface area contributed by atoms with Crippen molar-refractivity contribution in [2.24, 2.45) is 0 Å². The van der Waals surface area contributed by atoms with Gasteiger partial charge in [0.05, 0.1) is 0 Å². The lowest BCUT2D eigenvalue weighted by atomic mass is 9.98. The summed E-state index contributed by atoms with van der Waals surface area (Å²) in [5.41, 5.74) is 1.62. The van der Waals surface area contributed by atoms with Crippen LogP contribution in [0.5, 0.6) is 11.5 Å². The topological polar surface area (TPSA) is 71.0 Å². The summed E-state index contributed by atoms with van der Waals surface area (Å²) in [5.74, 6) is 0.624. The summed E-state index contributed by atoms with van der Waals surface area (Å²) >= 11 is 0. The third kappa shape index (κ3) is 4.69. The van der Waals surface area contributed by atoms with Crippen LogP contribution in [0.1, 0.15) is 24.0 Å². The number of aryl methyl sites for hydroxylation is 2. The number of hydrogen-bond donors (Lipinski definition) is 3. The molecule has 0 bridgehead atoms. The number of aliphatic hydroxyl groups is 2. The average Bonchev–Trinajstić information content (AvgIpc) is 2.72. The Labute approximate surface area is 168 Å².